The lowest BCUT2D eigenvalue weighted by Crippen LogP contribution is -2.56. The van der Waals surface area contributed by atoms with Gasteiger partial charge in [0.15, 0.2) is 23.4 Å². The number of ketones is 2. The molecule has 2 heterocycles. The predicted molar refractivity (Wildman–Crippen MR) is 142 cm³/mol. The maximum atomic E-state index is 13.1. The fourth-order valence-electron chi connectivity index (χ4n) is 5.07. The molecule has 220 valence electrons. The number of aryl methyl sites for hydroxylation is 1. The molecule has 2 aliphatic heterocycles. The molecule has 2 aromatic rings. The van der Waals surface area contributed by atoms with Crippen molar-refractivity contribution >= 4 is 23.6 Å². The molecule has 0 aromatic heterocycles. The third kappa shape index (κ3) is 6.20. The molecule has 41 heavy (non-hydrogen) atoms. The summed E-state index contributed by atoms with van der Waals surface area (Å²) < 4.78 is 22.4. The van der Waals surface area contributed by atoms with Crippen molar-refractivity contribution in [2.24, 2.45) is 0 Å². The Morgan fingerprint density at radius 1 is 1.12 bits per heavy atom. The highest BCUT2D eigenvalue weighted by atomic mass is 16.6. The zero-order chi connectivity index (χ0) is 30.0. The van der Waals surface area contributed by atoms with Crippen LogP contribution in [0.25, 0.3) is 6.08 Å². The summed E-state index contributed by atoms with van der Waals surface area (Å²) >= 11 is 0. The van der Waals surface area contributed by atoms with Gasteiger partial charge in [-0.3, -0.25) is 9.59 Å². The number of methoxy groups -OCH3 is 1. The summed E-state index contributed by atoms with van der Waals surface area (Å²) in [6, 6.07) is 5.65. The van der Waals surface area contributed by atoms with Crippen molar-refractivity contribution in [2.45, 2.75) is 63.3 Å². The summed E-state index contributed by atoms with van der Waals surface area (Å²) in [6.07, 6.45) is -6.48. The Hall–Kier alpha value is -3.97. The van der Waals surface area contributed by atoms with Crippen LogP contribution in [0.5, 0.6) is 23.0 Å². The van der Waals surface area contributed by atoms with Gasteiger partial charge in [-0.2, -0.15) is 0 Å². The van der Waals surface area contributed by atoms with Crippen molar-refractivity contribution in [1.29, 1.82) is 0 Å². The number of hydrogen-bond donors (Lipinski definition) is 5. The quantitative estimate of drug-likeness (QED) is 0.227. The van der Waals surface area contributed by atoms with Crippen molar-refractivity contribution < 1.29 is 58.9 Å². The van der Waals surface area contributed by atoms with E-state index in [9.17, 15) is 39.9 Å². The molecule has 1 saturated heterocycles. The highest BCUT2D eigenvalue weighted by Gasteiger charge is 2.49. The molecule has 0 radical (unpaired) electrons. The Morgan fingerprint density at radius 3 is 2.51 bits per heavy atom. The van der Waals surface area contributed by atoms with Gasteiger partial charge in [-0.25, -0.2) is 4.79 Å². The monoisotopic (exact) mass is 572 g/mol. The maximum absolute atomic E-state index is 13.1. The van der Waals surface area contributed by atoms with Gasteiger partial charge in [0.1, 0.15) is 47.8 Å². The average Bonchev–Trinajstić information content (AvgIpc) is 2.91. The van der Waals surface area contributed by atoms with Gasteiger partial charge >= 0.3 is 5.97 Å². The third-order valence-electron chi connectivity index (χ3n) is 7.01. The van der Waals surface area contributed by atoms with Crippen LogP contribution in [0.1, 0.15) is 52.9 Å². The van der Waals surface area contributed by atoms with Crippen LogP contribution in [-0.4, -0.2) is 87.3 Å². The number of hydrogen-bond acceptors (Lipinski definition) is 12. The van der Waals surface area contributed by atoms with Gasteiger partial charge in [-0.05, 0) is 49.2 Å². The largest absolute Gasteiger partial charge is 0.507 e. The molecule has 0 bridgehead atoms. The van der Waals surface area contributed by atoms with E-state index < -0.39 is 54.9 Å². The summed E-state index contributed by atoms with van der Waals surface area (Å²) in [7, 11) is 1.37. The minimum Gasteiger partial charge on any atom is -0.507 e. The molecule has 0 saturated carbocycles. The zero-order valence-corrected chi connectivity index (χ0v) is 22.6. The smallest absolute Gasteiger partial charge is 0.331 e. The molecule has 12 nitrogen and oxygen atoms in total. The fraction of sp³-hybridized carbons (Fsp3) is 0.414. The van der Waals surface area contributed by atoms with E-state index in [1.54, 1.807) is 6.92 Å². The Balaban J connectivity index is 1.72. The van der Waals surface area contributed by atoms with Crippen LogP contribution in [0.3, 0.4) is 0 Å². The number of aliphatic hydroxyl groups is 3. The van der Waals surface area contributed by atoms with Gasteiger partial charge in [-0.15, -0.1) is 0 Å². The minimum absolute atomic E-state index is 0.0727. The van der Waals surface area contributed by atoms with E-state index in [1.807, 2.05) is 0 Å². The van der Waals surface area contributed by atoms with E-state index >= 15 is 0 Å². The Morgan fingerprint density at radius 2 is 1.85 bits per heavy atom. The number of fused-ring (bicyclic) bond motifs is 1. The van der Waals surface area contributed by atoms with E-state index in [0.29, 0.717) is 11.1 Å². The van der Waals surface area contributed by atoms with E-state index in [2.05, 4.69) is 0 Å². The van der Waals surface area contributed by atoms with Crippen molar-refractivity contribution in [1.82, 2.24) is 0 Å². The SMILES string of the molecule is COc1cc(/C=C/C(=O)O[C@@H]2[C@@H](O)[C@H](O)[C@@H](CO)O[C@H]2c2c(O)cc(C)c3c2O[C@@H](CC(C)=O)CC3=O)ccc1O. The summed E-state index contributed by atoms with van der Waals surface area (Å²) in [5.74, 6) is -1.95. The highest BCUT2D eigenvalue weighted by molar-refractivity contribution is 6.02. The van der Waals surface area contributed by atoms with E-state index in [1.165, 1.54) is 44.4 Å². The van der Waals surface area contributed by atoms with Gasteiger partial charge in [0.2, 0.25) is 0 Å². The summed E-state index contributed by atoms with van der Waals surface area (Å²) in [4.78, 5) is 37.7. The van der Waals surface area contributed by atoms with Crippen LogP contribution in [0.2, 0.25) is 0 Å². The number of Topliss-reactive ketones (excluding diaryl/α,β-unsaturated/α-hetero) is 2. The second kappa shape index (κ2) is 12.3. The molecule has 5 N–H and O–H groups in total. The fourth-order valence-corrected chi connectivity index (χ4v) is 5.07. The molecule has 0 unspecified atom stereocenters. The van der Waals surface area contributed by atoms with Crippen molar-refractivity contribution in [3.05, 3.63) is 52.6 Å². The van der Waals surface area contributed by atoms with Gasteiger partial charge in [0.25, 0.3) is 0 Å². The van der Waals surface area contributed by atoms with Crippen molar-refractivity contribution in [3.8, 4) is 23.0 Å². The number of esters is 1. The molecule has 0 amide bonds. The topological polar surface area (TPSA) is 189 Å². The van der Waals surface area contributed by atoms with Crippen LogP contribution in [-0.2, 0) is 19.1 Å². The standard InChI is InChI=1S/C29H32O12/c1-13-8-18(33)24(27-23(13)19(34)11-16(39-27)9-14(2)31)28-29(26(37)25(36)21(12-30)40-28)41-22(35)7-5-15-4-6-17(32)20(10-15)38-3/h4-8,10,16,21,25-26,28-30,32-33,36-37H,9,11-12H2,1-3H3/b7-5+/t16-,21+,25+,26-,28-,29+/m0/s1. The normalized spacial score (nSPS) is 25.9. The second-order valence-electron chi connectivity index (χ2n) is 10.0. The lowest BCUT2D eigenvalue weighted by Gasteiger charge is -2.43. The molecular formula is C29H32O12. The van der Waals surface area contributed by atoms with Crippen molar-refractivity contribution in [3.63, 3.8) is 0 Å². The molecule has 4 rings (SSSR count). The van der Waals surface area contributed by atoms with E-state index in [0.717, 1.165) is 6.08 Å². The van der Waals surface area contributed by atoms with Crippen LogP contribution >= 0.6 is 0 Å². The summed E-state index contributed by atoms with van der Waals surface area (Å²) in [5, 5.41) is 52.1. The van der Waals surface area contributed by atoms with Gasteiger partial charge in [0.05, 0.1) is 24.8 Å². The van der Waals surface area contributed by atoms with Crippen LogP contribution in [0.15, 0.2) is 30.3 Å². The zero-order valence-electron chi connectivity index (χ0n) is 22.6. The number of benzene rings is 2. The van der Waals surface area contributed by atoms with Crippen LogP contribution in [0, 0.1) is 6.92 Å². The molecule has 0 aliphatic carbocycles. The third-order valence-corrected chi connectivity index (χ3v) is 7.01. The Kier molecular flexibility index (Phi) is 8.98. The first-order chi connectivity index (χ1) is 19.4. The van der Waals surface area contributed by atoms with Crippen LogP contribution in [0.4, 0.5) is 0 Å². The minimum atomic E-state index is -1.78. The molecule has 0 spiro atoms. The average molecular weight is 573 g/mol. The molecule has 1 fully saturated rings. The lowest BCUT2D eigenvalue weighted by molar-refractivity contribution is -0.240. The highest BCUT2D eigenvalue weighted by Crippen LogP contribution is 2.47. The number of ether oxygens (including phenoxy) is 4. The molecule has 2 aromatic carbocycles. The number of rotatable bonds is 8. The van der Waals surface area contributed by atoms with Crippen molar-refractivity contribution in [2.75, 3.05) is 13.7 Å². The number of aromatic hydroxyl groups is 2. The number of phenols is 2. The van der Waals surface area contributed by atoms with Gasteiger partial charge in [0, 0.05) is 18.9 Å². The first-order valence-electron chi connectivity index (χ1n) is 12.9. The molecule has 2 aliphatic rings. The Bertz CT molecular complexity index is 1370. The maximum Gasteiger partial charge on any atom is 0.331 e. The predicted octanol–water partition coefficient (Wildman–Crippen LogP) is 1.51. The number of carbonyl (C=O) groups is 3. The molecule has 12 heteroatoms. The number of phenolic OH excluding ortho intramolecular Hbond substituents is 2. The first kappa shape index (κ1) is 30.0. The molecular weight excluding hydrogens is 540 g/mol. The Labute approximate surface area is 235 Å². The number of carbonyl (C=O) groups excluding carboxylic acids is 3. The van der Waals surface area contributed by atoms with E-state index in [-0.39, 0.29) is 52.8 Å². The summed E-state index contributed by atoms with van der Waals surface area (Å²) in [5.41, 5.74) is 0.862. The van der Waals surface area contributed by atoms with Gasteiger partial charge < -0.3 is 44.5 Å². The number of aliphatic hydroxyl groups excluding tert-OH is 3. The van der Waals surface area contributed by atoms with E-state index in [4.69, 9.17) is 18.9 Å². The van der Waals surface area contributed by atoms with Gasteiger partial charge in [-0.1, -0.05) is 6.07 Å². The van der Waals surface area contributed by atoms with Crippen LogP contribution < -0.4 is 9.47 Å². The lowest BCUT2D eigenvalue weighted by atomic mass is 9.85. The summed E-state index contributed by atoms with van der Waals surface area (Å²) in [6.45, 7) is 2.22. The molecule has 6 atom stereocenters. The first-order valence-corrected chi connectivity index (χ1v) is 12.9. The second-order valence-corrected chi connectivity index (χ2v) is 10.0.